The second kappa shape index (κ2) is 9.29. The van der Waals surface area contributed by atoms with E-state index in [0.717, 1.165) is 57.9 Å². The molecule has 0 spiro atoms. The Hall–Kier alpha value is -2.57. The zero-order valence-electron chi connectivity index (χ0n) is 16.8. The van der Waals surface area contributed by atoms with Gasteiger partial charge in [0.1, 0.15) is 5.75 Å². The molecule has 154 valence electrons. The van der Waals surface area contributed by atoms with Crippen molar-refractivity contribution >= 4 is 11.6 Å². The van der Waals surface area contributed by atoms with Crippen LogP contribution >= 0.6 is 0 Å². The van der Waals surface area contributed by atoms with E-state index in [1.807, 2.05) is 24.3 Å². The first-order valence-electron chi connectivity index (χ1n) is 10.5. The number of piperazine rings is 1. The molecule has 2 aliphatic rings. The van der Waals surface area contributed by atoms with Crippen molar-refractivity contribution in [3.05, 3.63) is 60.2 Å². The summed E-state index contributed by atoms with van der Waals surface area (Å²) >= 11 is 0. The highest BCUT2D eigenvalue weighted by atomic mass is 16.3. The third kappa shape index (κ3) is 5.28. The van der Waals surface area contributed by atoms with Gasteiger partial charge in [-0.3, -0.25) is 14.6 Å². The fourth-order valence-corrected chi connectivity index (χ4v) is 4.29. The van der Waals surface area contributed by atoms with Gasteiger partial charge in [-0.15, -0.1) is 0 Å². The number of para-hydroxylation sites is 2. The van der Waals surface area contributed by atoms with Crippen molar-refractivity contribution in [2.24, 2.45) is 0 Å². The average Bonchev–Trinajstić information content (AvgIpc) is 3.16. The number of carbonyl (C=O) groups is 1. The second-order valence-corrected chi connectivity index (χ2v) is 8.03. The molecule has 2 N–H and O–H groups in total. The molecule has 0 saturated carbocycles. The molecular weight excluding hydrogens is 364 g/mol. The standard InChI is InChI=1S/C23H30N4O2/c28-22-9-5-4-8-21(22)27-14-12-25(13-15-27)18-23(29)24-20-10-11-26(17-20)16-19-6-2-1-3-7-19/h1-9,20,28H,10-18H2,(H,24,29)/t20-/m0/s1. The average molecular weight is 395 g/mol. The first-order valence-corrected chi connectivity index (χ1v) is 10.5. The maximum absolute atomic E-state index is 12.5. The van der Waals surface area contributed by atoms with Gasteiger partial charge in [0.2, 0.25) is 5.91 Å². The first-order chi connectivity index (χ1) is 14.2. The predicted octanol–water partition coefficient (Wildman–Crippen LogP) is 1.90. The summed E-state index contributed by atoms with van der Waals surface area (Å²) in [4.78, 5) is 19.3. The van der Waals surface area contributed by atoms with E-state index >= 15 is 0 Å². The number of likely N-dealkylation sites (tertiary alicyclic amines) is 1. The van der Waals surface area contributed by atoms with Gasteiger partial charge in [-0.2, -0.15) is 0 Å². The van der Waals surface area contributed by atoms with Gasteiger partial charge < -0.3 is 15.3 Å². The molecule has 2 aromatic carbocycles. The van der Waals surface area contributed by atoms with Crippen LogP contribution in [0.2, 0.25) is 0 Å². The summed E-state index contributed by atoms with van der Waals surface area (Å²) in [6.45, 7) is 6.63. The highest BCUT2D eigenvalue weighted by molar-refractivity contribution is 5.78. The molecule has 0 unspecified atom stereocenters. The SMILES string of the molecule is O=C(CN1CCN(c2ccccc2O)CC1)N[C@H]1CCN(Cc2ccccc2)C1. The number of phenols is 1. The van der Waals surface area contributed by atoms with E-state index in [2.05, 4.69) is 44.3 Å². The zero-order valence-corrected chi connectivity index (χ0v) is 16.8. The van der Waals surface area contributed by atoms with Crippen LogP contribution in [-0.2, 0) is 11.3 Å². The van der Waals surface area contributed by atoms with Crippen molar-refractivity contribution in [2.75, 3.05) is 50.7 Å². The number of rotatable bonds is 6. The highest BCUT2D eigenvalue weighted by Crippen LogP contribution is 2.27. The maximum atomic E-state index is 12.5. The topological polar surface area (TPSA) is 59.1 Å². The molecule has 2 aromatic rings. The Labute approximate surface area is 172 Å². The molecule has 0 aliphatic carbocycles. The van der Waals surface area contributed by atoms with E-state index in [4.69, 9.17) is 0 Å². The lowest BCUT2D eigenvalue weighted by Gasteiger charge is -2.36. The molecule has 4 rings (SSSR count). The number of nitrogens with zero attached hydrogens (tertiary/aromatic N) is 3. The van der Waals surface area contributed by atoms with Crippen molar-refractivity contribution in [2.45, 2.75) is 19.0 Å². The lowest BCUT2D eigenvalue weighted by atomic mass is 10.2. The minimum Gasteiger partial charge on any atom is -0.506 e. The van der Waals surface area contributed by atoms with Gasteiger partial charge in [0.15, 0.2) is 0 Å². The van der Waals surface area contributed by atoms with E-state index in [9.17, 15) is 9.90 Å². The Kier molecular flexibility index (Phi) is 6.32. The van der Waals surface area contributed by atoms with Crippen LogP contribution in [0.4, 0.5) is 5.69 Å². The summed E-state index contributed by atoms with van der Waals surface area (Å²) in [6, 6.07) is 18.2. The Morgan fingerprint density at radius 3 is 2.41 bits per heavy atom. The summed E-state index contributed by atoms with van der Waals surface area (Å²) in [7, 11) is 0. The van der Waals surface area contributed by atoms with Gasteiger partial charge in [0, 0.05) is 51.9 Å². The van der Waals surface area contributed by atoms with Crippen molar-refractivity contribution < 1.29 is 9.90 Å². The van der Waals surface area contributed by atoms with E-state index in [-0.39, 0.29) is 11.9 Å². The van der Waals surface area contributed by atoms with Crippen LogP contribution in [0.1, 0.15) is 12.0 Å². The quantitative estimate of drug-likeness (QED) is 0.784. The number of benzene rings is 2. The van der Waals surface area contributed by atoms with E-state index in [1.165, 1.54) is 5.56 Å². The third-order valence-electron chi connectivity index (χ3n) is 5.85. The van der Waals surface area contributed by atoms with Gasteiger partial charge in [-0.1, -0.05) is 42.5 Å². The predicted molar refractivity (Wildman–Crippen MR) is 115 cm³/mol. The Morgan fingerprint density at radius 2 is 1.66 bits per heavy atom. The van der Waals surface area contributed by atoms with Crippen molar-refractivity contribution in [1.29, 1.82) is 0 Å². The van der Waals surface area contributed by atoms with Crippen LogP contribution in [0, 0.1) is 0 Å². The number of aromatic hydroxyl groups is 1. The van der Waals surface area contributed by atoms with Gasteiger partial charge in [-0.25, -0.2) is 0 Å². The lowest BCUT2D eigenvalue weighted by Crippen LogP contribution is -2.50. The molecule has 0 bridgehead atoms. The van der Waals surface area contributed by atoms with Crippen molar-refractivity contribution in [3.63, 3.8) is 0 Å². The summed E-state index contributed by atoms with van der Waals surface area (Å²) < 4.78 is 0. The number of nitrogens with one attached hydrogen (secondary N) is 1. The molecule has 2 saturated heterocycles. The van der Waals surface area contributed by atoms with Crippen LogP contribution < -0.4 is 10.2 Å². The second-order valence-electron chi connectivity index (χ2n) is 8.03. The fourth-order valence-electron chi connectivity index (χ4n) is 4.29. The number of amides is 1. The van der Waals surface area contributed by atoms with Crippen molar-refractivity contribution in [3.8, 4) is 5.75 Å². The number of hydrogen-bond acceptors (Lipinski definition) is 5. The van der Waals surface area contributed by atoms with Crippen LogP contribution in [0.25, 0.3) is 0 Å². The summed E-state index contributed by atoms with van der Waals surface area (Å²) in [5, 5.41) is 13.2. The maximum Gasteiger partial charge on any atom is 0.234 e. The van der Waals surface area contributed by atoms with Gasteiger partial charge in [-0.05, 0) is 24.1 Å². The number of hydrogen-bond donors (Lipinski definition) is 2. The summed E-state index contributed by atoms with van der Waals surface area (Å²) in [6.07, 6.45) is 1.01. The number of phenolic OH excluding ortho intramolecular Hbond substituents is 1. The van der Waals surface area contributed by atoms with Gasteiger partial charge in [0.05, 0.1) is 12.2 Å². The molecule has 1 atom stereocenters. The van der Waals surface area contributed by atoms with Crippen LogP contribution in [0.5, 0.6) is 5.75 Å². The van der Waals surface area contributed by atoms with Crippen molar-refractivity contribution in [1.82, 2.24) is 15.1 Å². The van der Waals surface area contributed by atoms with Crippen LogP contribution in [0.15, 0.2) is 54.6 Å². The summed E-state index contributed by atoms with van der Waals surface area (Å²) in [5.41, 5.74) is 2.20. The molecule has 6 nitrogen and oxygen atoms in total. The monoisotopic (exact) mass is 394 g/mol. The largest absolute Gasteiger partial charge is 0.506 e. The Balaban J connectivity index is 1.19. The minimum absolute atomic E-state index is 0.118. The Morgan fingerprint density at radius 1 is 0.931 bits per heavy atom. The molecule has 2 heterocycles. The minimum atomic E-state index is 0.118. The molecule has 2 aliphatic heterocycles. The van der Waals surface area contributed by atoms with E-state index < -0.39 is 0 Å². The van der Waals surface area contributed by atoms with E-state index in [0.29, 0.717) is 12.3 Å². The summed E-state index contributed by atoms with van der Waals surface area (Å²) in [5.74, 6) is 0.438. The van der Waals surface area contributed by atoms with Gasteiger partial charge in [0.25, 0.3) is 0 Å². The van der Waals surface area contributed by atoms with E-state index in [1.54, 1.807) is 6.07 Å². The normalized spacial score (nSPS) is 20.7. The van der Waals surface area contributed by atoms with Gasteiger partial charge >= 0.3 is 0 Å². The fraction of sp³-hybridized carbons (Fsp3) is 0.435. The molecule has 0 aromatic heterocycles. The highest BCUT2D eigenvalue weighted by Gasteiger charge is 2.25. The molecule has 1 amide bonds. The molecule has 29 heavy (non-hydrogen) atoms. The van der Waals surface area contributed by atoms with Crippen LogP contribution in [0.3, 0.4) is 0 Å². The molecule has 0 radical (unpaired) electrons. The smallest absolute Gasteiger partial charge is 0.234 e. The van der Waals surface area contributed by atoms with Crippen LogP contribution in [-0.4, -0.2) is 72.7 Å². The molecule has 6 heteroatoms. The number of anilines is 1. The lowest BCUT2D eigenvalue weighted by molar-refractivity contribution is -0.123. The molecular formula is C23H30N4O2. The Bertz CT molecular complexity index is 806. The first kappa shape index (κ1) is 19.7. The molecule has 2 fully saturated rings. The zero-order chi connectivity index (χ0) is 20.1. The number of carbonyl (C=O) groups excluding carboxylic acids is 1. The third-order valence-corrected chi connectivity index (χ3v) is 5.85.